The van der Waals surface area contributed by atoms with Crippen molar-refractivity contribution in [3.05, 3.63) is 64.1 Å². The Labute approximate surface area is 156 Å². The molecule has 1 unspecified atom stereocenters. The van der Waals surface area contributed by atoms with E-state index in [9.17, 15) is 4.79 Å². The molecule has 0 saturated carbocycles. The maximum atomic E-state index is 12.3. The molecule has 1 amide bonds. The third-order valence-corrected chi connectivity index (χ3v) is 5.29. The molecule has 0 aliphatic rings. The van der Waals surface area contributed by atoms with Gasteiger partial charge in [-0.3, -0.25) is 4.79 Å². The number of hydrogen-bond donors (Lipinski definition) is 2. The molecule has 25 heavy (non-hydrogen) atoms. The predicted molar refractivity (Wildman–Crippen MR) is 103 cm³/mol. The predicted octanol–water partition coefficient (Wildman–Crippen LogP) is 2.84. The van der Waals surface area contributed by atoms with E-state index < -0.39 is 0 Å². The summed E-state index contributed by atoms with van der Waals surface area (Å²) < 4.78 is 1.19. The van der Waals surface area contributed by atoms with Crippen molar-refractivity contribution in [2.24, 2.45) is 0 Å². The van der Waals surface area contributed by atoms with E-state index in [0.29, 0.717) is 11.6 Å². The summed E-state index contributed by atoms with van der Waals surface area (Å²) in [4.78, 5) is 18.0. The van der Waals surface area contributed by atoms with Crippen LogP contribution in [0.15, 0.2) is 48.5 Å². The number of nitrogens with one attached hydrogen (secondary N) is 2. The fraction of sp³-hybridized carbons (Fsp3) is 0.263. The molecule has 0 bridgehead atoms. The van der Waals surface area contributed by atoms with E-state index in [1.807, 2.05) is 56.4 Å². The van der Waals surface area contributed by atoms with Crippen LogP contribution in [0.3, 0.4) is 0 Å². The van der Waals surface area contributed by atoms with Crippen LogP contribution < -0.4 is 10.2 Å². The largest absolute Gasteiger partial charge is 0.345 e. The first-order valence-electron chi connectivity index (χ1n) is 8.22. The Morgan fingerprint density at radius 2 is 1.96 bits per heavy atom. The van der Waals surface area contributed by atoms with Crippen molar-refractivity contribution in [3.8, 4) is 0 Å². The Morgan fingerprint density at radius 1 is 1.24 bits per heavy atom. The van der Waals surface area contributed by atoms with Gasteiger partial charge in [-0.1, -0.05) is 35.9 Å². The number of thiazole rings is 1. The van der Waals surface area contributed by atoms with E-state index in [-0.39, 0.29) is 11.9 Å². The number of amides is 1. The van der Waals surface area contributed by atoms with Gasteiger partial charge in [0.05, 0.1) is 23.3 Å². The second kappa shape index (κ2) is 7.95. The second-order valence-corrected chi connectivity index (χ2v) is 7.78. The van der Waals surface area contributed by atoms with E-state index >= 15 is 0 Å². The number of benzene rings is 2. The number of hydrogen-bond acceptors (Lipinski definition) is 3. The van der Waals surface area contributed by atoms with Crippen LogP contribution in [-0.2, 0) is 11.3 Å². The first-order chi connectivity index (χ1) is 12.0. The molecule has 2 atom stereocenters. The number of carbonyl (C=O) groups is 1. The Kier molecular flexibility index (Phi) is 5.68. The molecule has 130 valence electrons. The number of carbonyl (C=O) groups excluding carboxylic acids is 1. The van der Waals surface area contributed by atoms with Crippen molar-refractivity contribution < 1.29 is 9.69 Å². The summed E-state index contributed by atoms with van der Waals surface area (Å²) in [6.07, 6.45) is 0. The quantitative estimate of drug-likeness (QED) is 0.697. The molecule has 0 radical (unpaired) electrons. The molecule has 3 rings (SSSR count). The normalized spacial score (nSPS) is 13.6. The zero-order valence-electron chi connectivity index (χ0n) is 14.3. The smallest absolute Gasteiger partial charge is 0.275 e. The van der Waals surface area contributed by atoms with Crippen molar-refractivity contribution >= 4 is 39.1 Å². The Balaban J connectivity index is 1.54. The van der Waals surface area contributed by atoms with Crippen molar-refractivity contribution in [2.45, 2.75) is 19.5 Å². The highest BCUT2D eigenvalue weighted by molar-refractivity contribution is 7.18. The van der Waals surface area contributed by atoms with E-state index in [1.165, 1.54) is 4.70 Å². The molecule has 2 N–H and O–H groups in total. The third kappa shape index (κ3) is 4.78. The standard InChI is InChI=1S/C19H20ClN3OS/c1-13(14-7-9-15(20)10-8-14)21-18(24)11-23(2)12-19-22-16-5-3-4-6-17(16)25-19/h3-10,13H,11-12H2,1-2H3,(H,21,24)/p+1/t13-/m0/s1. The highest BCUT2D eigenvalue weighted by Crippen LogP contribution is 2.20. The number of fused-ring (bicyclic) bond motifs is 1. The molecule has 0 fully saturated rings. The van der Waals surface area contributed by atoms with Gasteiger partial charge in [0.15, 0.2) is 6.54 Å². The highest BCUT2D eigenvalue weighted by atomic mass is 35.5. The molecule has 0 aliphatic heterocycles. The van der Waals surface area contributed by atoms with Crippen molar-refractivity contribution in [3.63, 3.8) is 0 Å². The van der Waals surface area contributed by atoms with E-state index in [2.05, 4.69) is 16.4 Å². The minimum absolute atomic E-state index is 0.0288. The second-order valence-electron chi connectivity index (χ2n) is 6.23. The van der Waals surface area contributed by atoms with Crippen LogP contribution in [0.25, 0.3) is 10.2 Å². The van der Waals surface area contributed by atoms with Crippen molar-refractivity contribution in [1.82, 2.24) is 10.3 Å². The first-order valence-corrected chi connectivity index (χ1v) is 9.41. The molecule has 4 nitrogen and oxygen atoms in total. The monoisotopic (exact) mass is 374 g/mol. The van der Waals surface area contributed by atoms with Gasteiger partial charge < -0.3 is 10.2 Å². The SMILES string of the molecule is C[C@H](NC(=O)C[NH+](C)Cc1nc2ccccc2s1)c1ccc(Cl)cc1. The fourth-order valence-electron chi connectivity index (χ4n) is 2.72. The molecular formula is C19H21ClN3OS+. The summed E-state index contributed by atoms with van der Waals surface area (Å²) in [5.74, 6) is 0.0288. The number of quaternary nitrogens is 1. The fourth-order valence-corrected chi connectivity index (χ4v) is 3.92. The van der Waals surface area contributed by atoms with Gasteiger partial charge in [-0.25, -0.2) is 4.98 Å². The molecule has 0 spiro atoms. The lowest BCUT2D eigenvalue weighted by atomic mass is 10.1. The average molecular weight is 375 g/mol. The molecular weight excluding hydrogens is 354 g/mol. The Hall–Kier alpha value is -1.95. The van der Waals surface area contributed by atoms with Crippen molar-refractivity contribution in [1.29, 1.82) is 0 Å². The van der Waals surface area contributed by atoms with Crippen LogP contribution >= 0.6 is 22.9 Å². The summed E-state index contributed by atoms with van der Waals surface area (Å²) >= 11 is 7.59. The molecule has 3 aromatic rings. The van der Waals surface area contributed by atoms with Gasteiger partial charge in [-0.2, -0.15) is 0 Å². The lowest BCUT2D eigenvalue weighted by molar-refractivity contribution is -0.885. The molecule has 1 aromatic heterocycles. The summed E-state index contributed by atoms with van der Waals surface area (Å²) in [6.45, 7) is 3.12. The molecule has 0 saturated heterocycles. The topological polar surface area (TPSA) is 46.4 Å². The van der Waals surface area contributed by atoms with E-state index in [4.69, 9.17) is 11.6 Å². The average Bonchev–Trinajstić information content (AvgIpc) is 2.97. The van der Waals surface area contributed by atoms with Crippen LogP contribution in [0.4, 0.5) is 0 Å². The number of aromatic nitrogens is 1. The van der Waals surface area contributed by atoms with Crippen molar-refractivity contribution in [2.75, 3.05) is 13.6 Å². The van der Waals surface area contributed by atoms with Gasteiger partial charge >= 0.3 is 0 Å². The maximum absolute atomic E-state index is 12.3. The summed E-state index contributed by atoms with van der Waals surface area (Å²) in [5.41, 5.74) is 2.07. The minimum Gasteiger partial charge on any atom is -0.345 e. The van der Waals surface area contributed by atoms with Gasteiger partial charge in [0, 0.05) is 5.02 Å². The zero-order chi connectivity index (χ0) is 17.8. The molecule has 1 heterocycles. The summed E-state index contributed by atoms with van der Waals surface area (Å²) in [6, 6.07) is 15.6. The van der Waals surface area contributed by atoms with Gasteiger partial charge in [-0.05, 0) is 36.8 Å². The number of halogens is 1. The van der Waals surface area contributed by atoms with E-state index in [1.54, 1.807) is 11.3 Å². The summed E-state index contributed by atoms with van der Waals surface area (Å²) in [5, 5.41) is 4.79. The minimum atomic E-state index is -0.0417. The summed E-state index contributed by atoms with van der Waals surface area (Å²) in [7, 11) is 2.01. The molecule has 6 heteroatoms. The van der Waals surface area contributed by atoms with Crippen LogP contribution in [-0.4, -0.2) is 24.5 Å². The number of para-hydroxylation sites is 1. The number of likely N-dealkylation sites (N-methyl/N-ethyl adjacent to an activating group) is 1. The number of nitrogens with zero attached hydrogens (tertiary/aromatic N) is 1. The Morgan fingerprint density at radius 3 is 2.68 bits per heavy atom. The lowest BCUT2D eigenvalue weighted by Crippen LogP contribution is -3.08. The van der Waals surface area contributed by atoms with Crippen LogP contribution in [0.5, 0.6) is 0 Å². The van der Waals surface area contributed by atoms with Crippen LogP contribution in [0.1, 0.15) is 23.5 Å². The van der Waals surface area contributed by atoms with Gasteiger partial charge in [0.25, 0.3) is 5.91 Å². The lowest BCUT2D eigenvalue weighted by Gasteiger charge is -2.17. The van der Waals surface area contributed by atoms with Gasteiger partial charge in [0.2, 0.25) is 0 Å². The number of rotatable bonds is 6. The van der Waals surface area contributed by atoms with Gasteiger partial charge in [0.1, 0.15) is 11.6 Å². The van der Waals surface area contributed by atoms with Crippen LogP contribution in [0.2, 0.25) is 5.02 Å². The molecule has 2 aromatic carbocycles. The van der Waals surface area contributed by atoms with Crippen LogP contribution in [0, 0.1) is 0 Å². The first kappa shape index (κ1) is 17.9. The third-order valence-electron chi connectivity index (χ3n) is 4.00. The Bertz CT molecular complexity index is 829. The van der Waals surface area contributed by atoms with E-state index in [0.717, 1.165) is 27.5 Å². The zero-order valence-corrected chi connectivity index (χ0v) is 15.8. The maximum Gasteiger partial charge on any atom is 0.275 e. The molecule has 0 aliphatic carbocycles. The van der Waals surface area contributed by atoms with Gasteiger partial charge in [-0.15, -0.1) is 11.3 Å². The highest BCUT2D eigenvalue weighted by Gasteiger charge is 2.15.